The van der Waals surface area contributed by atoms with E-state index in [9.17, 15) is 0 Å². The van der Waals surface area contributed by atoms with Crippen LogP contribution in [0.15, 0.2) is 91.1 Å². The van der Waals surface area contributed by atoms with E-state index in [2.05, 4.69) is 72.8 Å². The standard InChI is InChI=1S/C21H20N2/c22-14-13-21(23)18-11-9-17(10-12-18)20-8-4-7-19(15-20)16-5-2-1-3-6-16/h1-15,21H,22-23H2/b14-13-. The lowest BCUT2D eigenvalue weighted by atomic mass is 9.97. The first-order chi connectivity index (χ1) is 11.3. The molecule has 0 aliphatic rings. The van der Waals surface area contributed by atoms with Crippen LogP contribution < -0.4 is 11.5 Å². The van der Waals surface area contributed by atoms with E-state index in [4.69, 9.17) is 11.5 Å². The minimum absolute atomic E-state index is 0.162. The van der Waals surface area contributed by atoms with Crippen molar-refractivity contribution in [3.05, 3.63) is 96.7 Å². The summed E-state index contributed by atoms with van der Waals surface area (Å²) in [4.78, 5) is 0. The van der Waals surface area contributed by atoms with Crippen molar-refractivity contribution in [2.45, 2.75) is 6.04 Å². The van der Waals surface area contributed by atoms with Gasteiger partial charge < -0.3 is 11.5 Å². The number of hydrogen-bond acceptors (Lipinski definition) is 2. The lowest BCUT2D eigenvalue weighted by Gasteiger charge is -2.09. The van der Waals surface area contributed by atoms with Crippen LogP contribution >= 0.6 is 0 Å². The molecule has 3 aromatic rings. The van der Waals surface area contributed by atoms with Crippen molar-refractivity contribution in [2.75, 3.05) is 0 Å². The smallest absolute Gasteiger partial charge is 0.0497 e. The molecule has 2 heteroatoms. The van der Waals surface area contributed by atoms with Crippen molar-refractivity contribution in [1.82, 2.24) is 0 Å². The Hall–Kier alpha value is -2.84. The van der Waals surface area contributed by atoms with E-state index in [1.54, 1.807) is 6.08 Å². The van der Waals surface area contributed by atoms with Crippen LogP contribution in [0.4, 0.5) is 0 Å². The fourth-order valence-corrected chi connectivity index (χ4v) is 2.64. The van der Waals surface area contributed by atoms with Crippen molar-refractivity contribution in [2.24, 2.45) is 11.5 Å². The highest BCUT2D eigenvalue weighted by Gasteiger charge is 2.04. The predicted molar refractivity (Wildman–Crippen MR) is 97.6 cm³/mol. The van der Waals surface area contributed by atoms with Crippen LogP contribution in [0.1, 0.15) is 11.6 Å². The molecule has 23 heavy (non-hydrogen) atoms. The van der Waals surface area contributed by atoms with Crippen LogP contribution in [0.3, 0.4) is 0 Å². The Kier molecular flexibility index (Phi) is 4.55. The minimum Gasteiger partial charge on any atom is -0.405 e. The van der Waals surface area contributed by atoms with Gasteiger partial charge in [-0.05, 0) is 46.2 Å². The molecule has 3 rings (SSSR count). The topological polar surface area (TPSA) is 52.0 Å². The van der Waals surface area contributed by atoms with Gasteiger partial charge in [-0.3, -0.25) is 0 Å². The summed E-state index contributed by atoms with van der Waals surface area (Å²) in [5.74, 6) is 0. The summed E-state index contributed by atoms with van der Waals surface area (Å²) >= 11 is 0. The van der Waals surface area contributed by atoms with Gasteiger partial charge in [-0.1, -0.05) is 72.8 Å². The van der Waals surface area contributed by atoms with E-state index in [1.807, 2.05) is 6.07 Å². The van der Waals surface area contributed by atoms with Crippen molar-refractivity contribution < 1.29 is 0 Å². The Bertz CT molecular complexity index is 790. The fourth-order valence-electron chi connectivity index (χ4n) is 2.64. The maximum atomic E-state index is 6.03. The molecular formula is C21H20N2. The highest BCUT2D eigenvalue weighted by atomic mass is 14.6. The molecule has 0 saturated heterocycles. The van der Waals surface area contributed by atoms with Crippen LogP contribution in [0.5, 0.6) is 0 Å². The van der Waals surface area contributed by atoms with E-state index in [0.717, 1.165) is 5.56 Å². The zero-order chi connectivity index (χ0) is 16.1. The Labute approximate surface area is 137 Å². The normalized spacial score (nSPS) is 12.4. The van der Waals surface area contributed by atoms with E-state index in [-0.39, 0.29) is 6.04 Å². The number of nitrogens with two attached hydrogens (primary N) is 2. The first kappa shape index (κ1) is 15.1. The van der Waals surface area contributed by atoms with E-state index < -0.39 is 0 Å². The summed E-state index contributed by atoms with van der Waals surface area (Å²) in [6, 6.07) is 27.1. The molecule has 3 aromatic carbocycles. The average Bonchev–Trinajstić information content (AvgIpc) is 2.63. The van der Waals surface area contributed by atoms with Crippen molar-refractivity contribution in [3.63, 3.8) is 0 Å². The van der Waals surface area contributed by atoms with Gasteiger partial charge in [0.05, 0.1) is 0 Å². The quantitative estimate of drug-likeness (QED) is 0.745. The van der Waals surface area contributed by atoms with Crippen molar-refractivity contribution >= 4 is 0 Å². The maximum Gasteiger partial charge on any atom is 0.0497 e. The Morgan fingerprint density at radius 3 is 1.83 bits per heavy atom. The maximum absolute atomic E-state index is 6.03. The molecular weight excluding hydrogens is 280 g/mol. The molecule has 0 aliphatic carbocycles. The van der Waals surface area contributed by atoms with Crippen LogP contribution in [0.25, 0.3) is 22.3 Å². The fraction of sp³-hybridized carbons (Fsp3) is 0.0476. The highest BCUT2D eigenvalue weighted by Crippen LogP contribution is 2.27. The highest BCUT2D eigenvalue weighted by molar-refractivity contribution is 5.73. The molecule has 1 atom stereocenters. The van der Waals surface area contributed by atoms with Gasteiger partial charge in [0.1, 0.15) is 0 Å². The van der Waals surface area contributed by atoms with Crippen LogP contribution in [-0.2, 0) is 0 Å². The predicted octanol–water partition coefficient (Wildman–Crippen LogP) is 4.49. The van der Waals surface area contributed by atoms with Crippen molar-refractivity contribution in [3.8, 4) is 22.3 Å². The van der Waals surface area contributed by atoms with Gasteiger partial charge in [0.25, 0.3) is 0 Å². The first-order valence-electron chi connectivity index (χ1n) is 7.68. The van der Waals surface area contributed by atoms with Crippen LogP contribution in [0, 0.1) is 0 Å². The molecule has 0 aromatic heterocycles. The van der Waals surface area contributed by atoms with Crippen LogP contribution in [0.2, 0.25) is 0 Å². The van der Waals surface area contributed by atoms with E-state index in [1.165, 1.54) is 28.5 Å². The second-order valence-electron chi connectivity index (χ2n) is 5.48. The van der Waals surface area contributed by atoms with Gasteiger partial charge in [0.2, 0.25) is 0 Å². The molecule has 0 fully saturated rings. The molecule has 114 valence electrons. The van der Waals surface area contributed by atoms with Gasteiger partial charge >= 0.3 is 0 Å². The Balaban J connectivity index is 1.90. The number of benzene rings is 3. The molecule has 0 amide bonds. The zero-order valence-corrected chi connectivity index (χ0v) is 12.9. The molecule has 0 saturated carbocycles. The number of rotatable bonds is 4. The summed E-state index contributed by atoms with van der Waals surface area (Å²) in [5.41, 5.74) is 17.3. The number of hydrogen-bond donors (Lipinski definition) is 2. The average molecular weight is 300 g/mol. The lowest BCUT2D eigenvalue weighted by Crippen LogP contribution is -2.07. The van der Waals surface area contributed by atoms with Gasteiger partial charge in [-0.2, -0.15) is 0 Å². The first-order valence-corrected chi connectivity index (χ1v) is 7.68. The molecule has 0 radical (unpaired) electrons. The summed E-state index contributed by atoms with van der Waals surface area (Å²) in [5, 5.41) is 0. The third-order valence-electron chi connectivity index (χ3n) is 3.92. The minimum atomic E-state index is -0.162. The molecule has 4 N–H and O–H groups in total. The molecule has 0 spiro atoms. The van der Waals surface area contributed by atoms with Gasteiger partial charge in [0, 0.05) is 6.04 Å². The van der Waals surface area contributed by atoms with Crippen molar-refractivity contribution in [1.29, 1.82) is 0 Å². The Morgan fingerprint density at radius 2 is 1.22 bits per heavy atom. The largest absolute Gasteiger partial charge is 0.405 e. The summed E-state index contributed by atoms with van der Waals surface area (Å²) in [6.07, 6.45) is 3.27. The molecule has 1 unspecified atom stereocenters. The Morgan fingerprint density at radius 1 is 0.652 bits per heavy atom. The second kappa shape index (κ2) is 6.95. The summed E-state index contributed by atoms with van der Waals surface area (Å²) in [7, 11) is 0. The van der Waals surface area contributed by atoms with E-state index >= 15 is 0 Å². The summed E-state index contributed by atoms with van der Waals surface area (Å²) < 4.78 is 0. The lowest BCUT2D eigenvalue weighted by molar-refractivity contribution is 0.908. The second-order valence-corrected chi connectivity index (χ2v) is 5.48. The van der Waals surface area contributed by atoms with Gasteiger partial charge in [0.15, 0.2) is 0 Å². The molecule has 0 aliphatic heterocycles. The van der Waals surface area contributed by atoms with E-state index in [0.29, 0.717) is 0 Å². The zero-order valence-electron chi connectivity index (χ0n) is 12.9. The van der Waals surface area contributed by atoms with Gasteiger partial charge in [-0.25, -0.2) is 0 Å². The third-order valence-corrected chi connectivity index (χ3v) is 3.92. The van der Waals surface area contributed by atoms with Gasteiger partial charge in [-0.15, -0.1) is 0 Å². The SMILES string of the molecule is N/C=C\C(N)c1ccc(-c2cccc(-c3ccccc3)c2)cc1. The molecule has 0 bridgehead atoms. The monoisotopic (exact) mass is 300 g/mol. The van der Waals surface area contributed by atoms with Crippen LogP contribution in [-0.4, -0.2) is 0 Å². The molecule has 0 heterocycles. The molecule has 2 nitrogen and oxygen atoms in total. The third kappa shape index (κ3) is 3.50. The summed E-state index contributed by atoms with van der Waals surface area (Å²) in [6.45, 7) is 0.